The van der Waals surface area contributed by atoms with Crippen molar-refractivity contribution in [3.05, 3.63) is 28.2 Å². The first kappa shape index (κ1) is 16.6. The minimum Gasteiger partial charge on any atom is -0.484 e. The molecule has 0 saturated carbocycles. The molecule has 0 radical (unpaired) electrons. The van der Waals surface area contributed by atoms with E-state index in [1.54, 1.807) is 12.1 Å². The Morgan fingerprint density at radius 3 is 2.65 bits per heavy atom. The highest BCUT2D eigenvalue weighted by molar-refractivity contribution is 6.42. The smallest absolute Gasteiger partial charge is 0.321 e. The van der Waals surface area contributed by atoms with Crippen molar-refractivity contribution < 1.29 is 19.1 Å². The lowest BCUT2D eigenvalue weighted by atomic mass is 10.3. The SMILES string of the molecule is COCCNC(=O)NC(=O)COc1ccc(Cl)c(Cl)c1. The highest BCUT2D eigenvalue weighted by Crippen LogP contribution is 2.26. The van der Waals surface area contributed by atoms with E-state index >= 15 is 0 Å². The van der Waals surface area contributed by atoms with Crippen molar-refractivity contribution in [3.8, 4) is 5.75 Å². The average molecular weight is 321 g/mol. The van der Waals surface area contributed by atoms with Crippen molar-refractivity contribution in [2.24, 2.45) is 0 Å². The molecule has 0 heterocycles. The Morgan fingerprint density at radius 1 is 1.25 bits per heavy atom. The van der Waals surface area contributed by atoms with Gasteiger partial charge in [-0.25, -0.2) is 4.79 Å². The molecule has 0 unspecified atom stereocenters. The fourth-order valence-electron chi connectivity index (χ4n) is 1.19. The number of carbonyl (C=O) groups is 2. The van der Waals surface area contributed by atoms with E-state index in [0.29, 0.717) is 28.9 Å². The van der Waals surface area contributed by atoms with Crippen molar-refractivity contribution >= 4 is 35.1 Å². The third-order valence-corrected chi connectivity index (χ3v) is 2.84. The third kappa shape index (κ3) is 6.10. The molecule has 0 atom stereocenters. The summed E-state index contributed by atoms with van der Waals surface area (Å²) in [4.78, 5) is 22.7. The number of amides is 3. The first-order chi connectivity index (χ1) is 9.52. The molecule has 0 spiro atoms. The van der Waals surface area contributed by atoms with Crippen LogP contribution in [0.3, 0.4) is 0 Å². The number of imide groups is 1. The van der Waals surface area contributed by atoms with Crippen molar-refractivity contribution in [2.45, 2.75) is 0 Å². The molecule has 1 aromatic carbocycles. The Balaban J connectivity index is 2.32. The summed E-state index contributed by atoms with van der Waals surface area (Å²) in [5.74, 6) is -0.194. The number of hydrogen-bond donors (Lipinski definition) is 2. The number of benzene rings is 1. The summed E-state index contributed by atoms with van der Waals surface area (Å²) in [6.45, 7) is 0.361. The molecule has 0 saturated heterocycles. The van der Waals surface area contributed by atoms with Crippen LogP contribution in [0.4, 0.5) is 4.79 Å². The van der Waals surface area contributed by atoms with Gasteiger partial charge in [-0.05, 0) is 12.1 Å². The summed E-state index contributed by atoms with van der Waals surface area (Å²) < 4.78 is 9.92. The molecule has 0 aliphatic carbocycles. The van der Waals surface area contributed by atoms with Crippen molar-refractivity contribution in [1.29, 1.82) is 0 Å². The van der Waals surface area contributed by atoms with Crippen LogP contribution in [0, 0.1) is 0 Å². The zero-order chi connectivity index (χ0) is 15.0. The van der Waals surface area contributed by atoms with Gasteiger partial charge < -0.3 is 14.8 Å². The normalized spacial score (nSPS) is 9.95. The maximum Gasteiger partial charge on any atom is 0.321 e. The molecule has 6 nitrogen and oxygen atoms in total. The van der Waals surface area contributed by atoms with Crippen LogP contribution < -0.4 is 15.4 Å². The summed E-state index contributed by atoms with van der Waals surface area (Å²) in [5.41, 5.74) is 0. The van der Waals surface area contributed by atoms with Gasteiger partial charge in [0.05, 0.1) is 16.7 Å². The second-order valence-electron chi connectivity index (χ2n) is 3.66. The lowest BCUT2D eigenvalue weighted by Crippen LogP contribution is -2.42. The van der Waals surface area contributed by atoms with Gasteiger partial charge in [0.25, 0.3) is 5.91 Å². The maximum atomic E-state index is 11.4. The quantitative estimate of drug-likeness (QED) is 0.784. The van der Waals surface area contributed by atoms with Crippen LogP contribution in [0.5, 0.6) is 5.75 Å². The Morgan fingerprint density at radius 2 is 2.00 bits per heavy atom. The van der Waals surface area contributed by atoms with Crippen molar-refractivity contribution in [2.75, 3.05) is 26.9 Å². The molecule has 0 aromatic heterocycles. The number of carbonyl (C=O) groups excluding carboxylic acids is 2. The topological polar surface area (TPSA) is 76.7 Å². The van der Waals surface area contributed by atoms with Crippen LogP contribution in [-0.2, 0) is 9.53 Å². The van der Waals surface area contributed by atoms with Gasteiger partial charge in [0, 0.05) is 19.7 Å². The number of methoxy groups -OCH3 is 1. The van der Waals surface area contributed by atoms with E-state index in [2.05, 4.69) is 10.6 Å². The molecule has 1 rings (SSSR count). The molecule has 0 bridgehead atoms. The molecule has 110 valence electrons. The van der Waals surface area contributed by atoms with E-state index < -0.39 is 11.9 Å². The van der Waals surface area contributed by atoms with E-state index in [1.807, 2.05) is 0 Å². The number of hydrogen-bond acceptors (Lipinski definition) is 4. The number of urea groups is 1. The van der Waals surface area contributed by atoms with Crippen LogP contribution >= 0.6 is 23.2 Å². The molecule has 0 aliphatic heterocycles. The molecule has 20 heavy (non-hydrogen) atoms. The molecule has 8 heteroatoms. The van der Waals surface area contributed by atoms with Crippen LogP contribution in [-0.4, -0.2) is 38.8 Å². The van der Waals surface area contributed by atoms with Gasteiger partial charge in [-0.3, -0.25) is 10.1 Å². The third-order valence-electron chi connectivity index (χ3n) is 2.11. The highest BCUT2D eigenvalue weighted by atomic mass is 35.5. The maximum absolute atomic E-state index is 11.4. The molecule has 2 N–H and O–H groups in total. The standard InChI is InChI=1S/C12H14Cl2N2O4/c1-19-5-4-15-12(18)16-11(17)7-20-8-2-3-9(13)10(14)6-8/h2-3,6H,4-5,7H2,1H3,(H2,15,16,17,18). The molecule has 1 aromatic rings. The number of nitrogens with one attached hydrogen (secondary N) is 2. The van der Waals surface area contributed by atoms with Gasteiger partial charge >= 0.3 is 6.03 Å². The summed E-state index contributed by atoms with van der Waals surface area (Å²) in [7, 11) is 1.51. The van der Waals surface area contributed by atoms with Crippen LogP contribution in [0.25, 0.3) is 0 Å². The Labute approximate surface area is 126 Å². The van der Waals surface area contributed by atoms with E-state index in [1.165, 1.54) is 13.2 Å². The molecule has 0 aliphatic rings. The minimum absolute atomic E-state index is 0.309. The second-order valence-corrected chi connectivity index (χ2v) is 4.48. The van der Waals surface area contributed by atoms with Gasteiger partial charge in [-0.2, -0.15) is 0 Å². The van der Waals surface area contributed by atoms with Gasteiger partial charge in [0.1, 0.15) is 5.75 Å². The lowest BCUT2D eigenvalue weighted by Gasteiger charge is -2.08. The summed E-state index contributed by atoms with van der Waals surface area (Å²) in [5, 5.41) is 5.26. The van der Waals surface area contributed by atoms with Gasteiger partial charge in [-0.1, -0.05) is 23.2 Å². The molecular weight excluding hydrogens is 307 g/mol. The van der Waals surface area contributed by atoms with Crippen LogP contribution in [0.2, 0.25) is 10.0 Å². The monoisotopic (exact) mass is 320 g/mol. The molecule has 0 fully saturated rings. The minimum atomic E-state index is -0.607. The molecule has 3 amide bonds. The van der Waals surface area contributed by atoms with Crippen molar-refractivity contribution in [1.82, 2.24) is 10.6 Å². The van der Waals surface area contributed by atoms with Crippen LogP contribution in [0.1, 0.15) is 0 Å². The van der Waals surface area contributed by atoms with E-state index in [0.717, 1.165) is 0 Å². The first-order valence-corrected chi connectivity index (χ1v) is 6.43. The summed E-state index contributed by atoms with van der Waals surface area (Å²) >= 11 is 11.5. The highest BCUT2D eigenvalue weighted by Gasteiger charge is 2.08. The first-order valence-electron chi connectivity index (χ1n) is 5.67. The van der Waals surface area contributed by atoms with E-state index in [-0.39, 0.29) is 6.61 Å². The van der Waals surface area contributed by atoms with Gasteiger partial charge in [0.15, 0.2) is 6.61 Å². The van der Waals surface area contributed by atoms with Crippen molar-refractivity contribution in [3.63, 3.8) is 0 Å². The Hall–Kier alpha value is -1.50. The lowest BCUT2D eigenvalue weighted by molar-refractivity contribution is -0.122. The number of halogens is 2. The number of ether oxygens (including phenoxy) is 2. The fourth-order valence-corrected chi connectivity index (χ4v) is 1.48. The summed E-state index contributed by atoms with van der Waals surface area (Å²) in [6, 6.07) is 4.00. The predicted molar refractivity (Wildman–Crippen MR) is 75.4 cm³/mol. The van der Waals surface area contributed by atoms with Gasteiger partial charge in [0.2, 0.25) is 0 Å². The average Bonchev–Trinajstić information content (AvgIpc) is 2.40. The second kappa shape index (κ2) is 8.63. The largest absolute Gasteiger partial charge is 0.484 e. The number of rotatable bonds is 6. The Bertz CT molecular complexity index is 483. The van der Waals surface area contributed by atoms with Gasteiger partial charge in [-0.15, -0.1) is 0 Å². The molecular formula is C12H14Cl2N2O4. The zero-order valence-corrected chi connectivity index (χ0v) is 12.3. The van der Waals surface area contributed by atoms with E-state index in [4.69, 9.17) is 32.7 Å². The zero-order valence-electron chi connectivity index (χ0n) is 10.7. The van der Waals surface area contributed by atoms with Crippen LogP contribution in [0.15, 0.2) is 18.2 Å². The van der Waals surface area contributed by atoms with E-state index in [9.17, 15) is 9.59 Å². The fraction of sp³-hybridized carbons (Fsp3) is 0.333. The summed E-state index contributed by atoms with van der Waals surface area (Å²) in [6.07, 6.45) is 0. The predicted octanol–water partition coefficient (Wildman–Crippen LogP) is 1.84. The Kier molecular flexibility index (Phi) is 7.14.